The van der Waals surface area contributed by atoms with Crippen molar-refractivity contribution in [3.05, 3.63) is 63.2 Å². The van der Waals surface area contributed by atoms with Gasteiger partial charge in [-0.15, -0.1) is 0 Å². The van der Waals surface area contributed by atoms with Crippen LogP contribution in [0.5, 0.6) is 5.75 Å². The number of H-pyrrole nitrogens is 2. The standard InChI is InChI=1S/C36H44N4O/c1-8-20-22(10-3)30-18-32-24(12-5)26(14-7)34(39-32)36-35-27(15-16-41-36)25(13-6)33(40-35)19-31-23(11-4)21(9-2)29(38-31)17-28(20)37-30/h17-19,37,39H,8-16H2,1-7H3. The number of allylic oxidation sites excluding steroid dienone is 3. The Labute approximate surface area is 244 Å². The fourth-order valence-electron chi connectivity index (χ4n) is 7.44. The molecule has 3 aliphatic heterocycles. The Kier molecular flexibility index (Phi) is 7.39. The smallest absolute Gasteiger partial charge is 0.168 e. The Morgan fingerprint density at radius 1 is 0.585 bits per heavy atom. The molecule has 0 aliphatic carbocycles. The van der Waals surface area contributed by atoms with Crippen LogP contribution in [0.1, 0.15) is 119 Å². The van der Waals surface area contributed by atoms with Crippen molar-refractivity contribution in [1.29, 1.82) is 0 Å². The van der Waals surface area contributed by atoms with Crippen LogP contribution in [0.3, 0.4) is 0 Å². The van der Waals surface area contributed by atoms with E-state index in [1.54, 1.807) is 0 Å². The molecule has 0 spiro atoms. The number of aromatic nitrogens is 4. The van der Waals surface area contributed by atoms with E-state index in [1.807, 2.05) is 0 Å². The normalized spacial score (nSPS) is 14.7. The number of aryl methyl sites for hydroxylation is 4. The number of nitrogens with zero attached hydrogens (tertiary/aromatic N) is 2. The lowest BCUT2D eigenvalue weighted by molar-refractivity contribution is 0.318. The quantitative estimate of drug-likeness (QED) is 0.309. The number of nitrogens with one attached hydrogen (secondary N) is 2. The van der Waals surface area contributed by atoms with E-state index < -0.39 is 0 Å². The van der Waals surface area contributed by atoms with E-state index in [9.17, 15) is 0 Å². The first-order chi connectivity index (χ1) is 20.0. The van der Waals surface area contributed by atoms with Crippen molar-refractivity contribution in [3.63, 3.8) is 0 Å². The van der Waals surface area contributed by atoms with Gasteiger partial charge in [0, 0.05) is 23.0 Å². The van der Waals surface area contributed by atoms with Gasteiger partial charge in [0.05, 0.1) is 29.2 Å². The van der Waals surface area contributed by atoms with Crippen LogP contribution in [0.2, 0.25) is 0 Å². The summed E-state index contributed by atoms with van der Waals surface area (Å²) in [4.78, 5) is 18.3. The fraction of sp³-hybridized carbons (Fsp3) is 0.444. The maximum absolute atomic E-state index is 6.49. The van der Waals surface area contributed by atoms with Crippen molar-refractivity contribution in [2.24, 2.45) is 0 Å². The molecule has 2 N–H and O–H groups in total. The van der Waals surface area contributed by atoms with Gasteiger partial charge in [0.25, 0.3) is 0 Å². The lowest BCUT2D eigenvalue weighted by Crippen LogP contribution is -2.08. The third kappa shape index (κ3) is 4.27. The first kappa shape index (κ1) is 27.6. The molecule has 3 aromatic heterocycles. The largest absolute Gasteiger partial charge is 0.489 e. The SMILES string of the molecule is CCC1=C(CC)c2cc3[nH]c(cc4[nH]c(c(CC)c4CC)c4c5nc(cc1n2)C(CC)=C5CCO4)c(CC)c3CC. The van der Waals surface area contributed by atoms with Gasteiger partial charge in [0.2, 0.25) is 0 Å². The van der Waals surface area contributed by atoms with Crippen LogP contribution in [-0.4, -0.2) is 26.5 Å². The zero-order chi connectivity index (χ0) is 28.8. The van der Waals surface area contributed by atoms with Crippen LogP contribution < -0.4 is 4.74 Å². The summed E-state index contributed by atoms with van der Waals surface area (Å²) in [5, 5.41) is 0. The minimum absolute atomic E-state index is 0.677. The molecule has 3 aliphatic rings. The Morgan fingerprint density at radius 3 is 1.73 bits per heavy atom. The summed E-state index contributed by atoms with van der Waals surface area (Å²) in [7, 11) is 0. The fourth-order valence-corrected chi connectivity index (χ4v) is 7.44. The third-order valence-electron chi connectivity index (χ3n) is 9.31. The highest BCUT2D eigenvalue weighted by molar-refractivity contribution is 5.98. The first-order valence-corrected chi connectivity index (χ1v) is 15.9. The van der Waals surface area contributed by atoms with E-state index in [-0.39, 0.29) is 0 Å². The molecule has 0 saturated carbocycles. The number of ether oxygens (including phenoxy) is 1. The topological polar surface area (TPSA) is 66.6 Å². The van der Waals surface area contributed by atoms with Crippen LogP contribution in [0.25, 0.3) is 44.4 Å². The molecule has 41 heavy (non-hydrogen) atoms. The highest BCUT2D eigenvalue weighted by Gasteiger charge is 2.29. The third-order valence-corrected chi connectivity index (χ3v) is 9.31. The lowest BCUT2D eigenvalue weighted by Gasteiger charge is -2.17. The summed E-state index contributed by atoms with van der Waals surface area (Å²) < 4.78 is 6.49. The molecule has 5 heteroatoms. The molecule has 3 aromatic rings. The molecule has 6 rings (SSSR count). The molecule has 8 bridgehead atoms. The highest BCUT2D eigenvalue weighted by atomic mass is 16.5. The van der Waals surface area contributed by atoms with E-state index in [2.05, 4.69) is 76.6 Å². The number of hydrogen-bond acceptors (Lipinski definition) is 3. The van der Waals surface area contributed by atoms with Gasteiger partial charge in [-0.1, -0.05) is 48.5 Å². The van der Waals surface area contributed by atoms with Gasteiger partial charge in [-0.05, 0) is 108 Å². The van der Waals surface area contributed by atoms with Crippen molar-refractivity contribution in [3.8, 4) is 5.75 Å². The summed E-state index contributed by atoms with van der Waals surface area (Å²) in [5.74, 6) is 0.908. The van der Waals surface area contributed by atoms with E-state index in [0.29, 0.717) is 6.61 Å². The second-order valence-electron chi connectivity index (χ2n) is 11.3. The zero-order valence-electron chi connectivity index (χ0n) is 25.9. The Morgan fingerprint density at radius 2 is 1.12 bits per heavy atom. The molecule has 6 heterocycles. The maximum Gasteiger partial charge on any atom is 0.168 e. The van der Waals surface area contributed by atoms with Crippen LogP contribution in [-0.2, 0) is 25.7 Å². The molecule has 5 nitrogen and oxygen atoms in total. The summed E-state index contributed by atoms with van der Waals surface area (Å²) in [6.45, 7) is 16.5. The second-order valence-corrected chi connectivity index (χ2v) is 11.3. The van der Waals surface area contributed by atoms with Gasteiger partial charge < -0.3 is 14.7 Å². The molecular formula is C36H44N4O. The highest BCUT2D eigenvalue weighted by Crippen LogP contribution is 2.45. The van der Waals surface area contributed by atoms with Crippen molar-refractivity contribution in [2.45, 2.75) is 99.8 Å². The molecule has 0 atom stereocenters. The summed E-state index contributed by atoms with van der Waals surface area (Å²) in [6, 6.07) is 6.89. The maximum atomic E-state index is 6.49. The van der Waals surface area contributed by atoms with Crippen molar-refractivity contribution < 1.29 is 4.74 Å². The van der Waals surface area contributed by atoms with Crippen molar-refractivity contribution in [2.75, 3.05) is 6.61 Å². The monoisotopic (exact) mass is 548 g/mol. The van der Waals surface area contributed by atoms with Gasteiger partial charge in [-0.3, -0.25) is 0 Å². The molecular weight excluding hydrogens is 504 g/mol. The van der Waals surface area contributed by atoms with Crippen LogP contribution >= 0.6 is 0 Å². The van der Waals surface area contributed by atoms with Crippen LogP contribution in [0.4, 0.5) is 0 Å². The van der Waals surface area contributed by atoms with Crippen molar-refractivity contribution >= 4 is 44.4 Å². The second kappa shape index (κ2) is 11.0. The van der Waals surface area contributed by atoms with Crippen LogP contribution in [0, 0.1) is 0 Å². The predicted octanol–water partition coefficient (Wildman–Crippen LogP) is 9.40. The zero-order valence-corrected chi connectivity index (χ0v) is 25.9. The molecule has 0 unspecified atom stereocenters. The summed E-state index contributed by atoms with van der Waals surface area (Å²) >= 11 is 0. The minimum Gasteiger partial charge on any atom is -0.489 e. The number of fused-ring (bicyclic) bond motifs is 8. The number of rotatable bonds is 7. The Balaban J connectivity index is 1.86. The van der Waals surface area contributed by atoms with Gasteiger partial charge in [-0.2, -0.15) is 0 Å². The molecule has 0 radical (unpaired) electrons. The average molecular weight is 549 g/mol. The van der Waals surface area contributed by atoms with Crippen molar-refractivity contribution in [1.82, 2.24) is 19.9 Å². The average Bonchev–Trinajstić information content (AvgIpc) is 3.71. The number of hydrogen-bond donors (Lipinski definition) is 2. The minimum atomic E-state index is 0.677. The predicted molar refractivity (Wildman–Crippen MR) is 173 cm³/mol. The molecule has 214 valence electrons. The summed E-state index contributed by atoms with van der Waals surface area (Å²) in [5.41, 5.74) is 19.7. The Bertz CT molecular complexity index is 1760. The molecule has 0 fully saturated rings. The summed E-state index contributed by atoms with van der Waals surface area (Å²) in [6.07, 6.45) is 7.60. The van der Waals surface area contributed by atoms with E-state index >= 15 is 0 Å². The first-order valence-electron chi connectivity index (χ1n) is 15.9. The van der Waals surface area contributed by atoms with Gasteiger partial charge in [-0.25, -0.2) is 9.97 Å². The van der Waals surface area contributed by atoms with Gasteiger partial charge in [0.15, 0.2) is 5.75 Å². The molecule has 0 amide bonds. The molecule has 0 saturated heterocycles. The van der Waals surface area contributed by atoms with Crippen LogP contribution in [0.15, 0.2) is 18.2 Å². The lowest BCUT2D eigenvalue weighted by atomic mass is 9.96. The molecule has 0 aromatic carbocycles. The van der Waals surface area contributed by atoms with E-state index in [1.165, 1.54) is 61.1 Å². The van der Waals surface area contributed by atoms with Gasteiger partial charge >= 0.3 is 0 Å². The van der Waals surface area contributed by atoms with E-state index in [4.69, 9.17) is 14.7 Å². The number of aromatic amines is 2. The van der Waals surface area contributed by atoms with E-state index in [0.717, 1.165) is 85.4 Å². The van der Waals surface area contributed by atoms with Gasteiger partial charge in [0.1, 0.15) is 5.69 Å². The Hall–Kier alpha value is -3.60.